The minimum absolute atomic E-state index is 0.257. The molecule has 0 saturated heterocycles. The van der Waals surface area contributed by atoms with Crippen LogP contribution in [0.15, 0.2) is 12.1 Å². The molecule has 0 spiro atoms. The largest absolute Gasteiger partial charge is 0.477 e. The summed E-state index contributed by atoms with van der Waals surface area (Å²) in [5.74, 6) is -0.862. The lowest BCUT2D eigenvalue weighted by atomic mass is 10.2. The zero-order valence-corrected chi connectivity index (χ0v) is 9.92. The van der Waals surface area contributed by atoms with Gasteiger partial charge in [0.05, 0.1) is 0 Å². The maximum absolute atomic E-state index is 10.6. The second-order valence-electron chi connectivity index (χ2n) is 3.53. The molecule has 1 rings (SSSR count). The van der Waals surface area contributed by atoms with Gasteiger partial charge < -0.3 is 15.5 Å². The van der Waals surface area contributed by atoms with Crippen molar-refractivity contribution in [3.05, 3.63) is 21.9 Å². The van der Waals surface area contributed by atoms with Crippen LogP contribution in [0.2, 0.25) is 0 Å². The number of aliphatic hydroxyl groups excluding tert-OH is 1. The normalized spacial score (nSPS) is 10.6. The van der Waals surface area contributed by atoms with Crippen LogP contribution in [0.25, 0.3) is 0 Å². The van der Waals surface area contributed by atoms with Crippen LogP contribution < -0.4 is 5.32 Å². The maximum Gasteiger partial charge on any atom is 0.345 e. The molecule has 3 N–H and O–H groups in total. The highest BCUT2D eigenvalue weighted by Crippen LogP contribution is 2.15. The van der Waals surface area contributed by atoms with Crippen LogP contribution in [0.3, 0.4) is 0 Å². The highest BCUT2D eigenvalue weighted by atomic mass is 32.1. The van der Waals surface area contributed by atoms with E-state index in [4.69, 9.17) is 10.2 Å². The van der Waals surface area contributed by atoms with Gasteiger partial charge in [-0.2, -0.15) is 0 Å². The summed E-state index contributed by atoms with van der Waals surface area (Å²) >= 11 is 1.31. The molecule has 4 nitrogen and oxygen atoms in total. The van der Waals surface area contributed by atoms with Gasteiger partial charge in [-0.15, -0.1) is 11.3 Å². The van der Waals surface area contributed by atoms with Crippen molar-refractivity contribution < 1.29 is 15.0 Å². The molecule has 1 heterocycles. The van der Waals surface area contributed by atoms with Crippen LogP contribution in [0, 0.1) is 0 Å². The van der Waals surface area contributed by atoms with Gasteiger partial charge in [-0.1, -0.05) is 0 Å². The molecule has 0 saturated carbocycles. The maximum atomic E-state index is 10.6. The lowest BCUT2D eigenvalue weighted by Crippen LogP contribution is -2.13. The van der Waals surface area contributed by atoms with E-state index < -0.39 is 5.97 Å². The Balaban J connectivity index is 2.14. The van der Waals surface area contributed by atoms with Gasteiger partial charge in [0.2, 0.25) is 0 Å². The third-order valence-electron chi connectivity index (χ3n) is 2.18. The van der Waals surface area contributed by atoms with Gasteiger partial charge in [-0.3, -0.25) is 0 Å². The van der Waals surface area contributed by atoms with Gasteiger partial charge in [-0.25, -0.2) is 4.79 Å². The molecule has 0 unspecified atom stereocenters. The number of unbranched alkanes of at least 4 members (excludes halogenated alkanes) is 2. The molecule has 0 atom stereocenters. The summed E-state index contributed by atoms with van der Waals surface area (Å²) in [6.45, 7) is 1.88. The molecule has 0 aliphatic heterocycles. The molecule has 0 aliphatic carbocycles. The smallest absolute Gasteiger partial charge is 0.345 e. The first-order valence-corrected chi connectivity index (χ1v) is 6.19. The van der Waals surface area contributed by atoms with Crippen LogP contribution in [0.1, 0.15) is 33.8 Å². The number of aliphatic hydroxyl groups is 1. The number of aromatic carboxylic acids is 1. The Labute approximate surface area is 98.9 Å². The van der Waals surface area contributed by atoms with E-state index in [-0.39, 0.29) is 6.61 Å². The standard InChI is InChI=1S/C11H17NO3S/c13-7-3-1-2-6-12-8-9-4-5-10(16-9)11(14)15/h4-5,12-13H,1-3,6-8H2,(H,14,15). The summed E-state index contributed by atoms with van der Waals surface area (Å²) < 4.78 is 0. The van der Waals surface area contributed by atoms with Crippen LogP contribution in [-0.2, 0) is 6.54 Å². The van der Waals surface area contributed by atoms with E-state index >= 15 is 0 Å². The van der Waals surface area contributed by atoms with Crippen LogP contribution in [-0.4, -0.2) is 29.3 Å². The fourth-order valence-electron chi connectivity index (χ4n) is 1.34. The molecule has 90 valence electrons. The summed E-state index contributed by atoms with van der Waals surface area (Å²) in [7, 11) is 0. The number of rotatable bonds is 8. The molecular formula is C11H17NO3S. The van der Waals surface area contributed by atoms with E-state index in [0.717, 1.165) is 37.2 Å². The minimum atomic E-state index is -0.862. The molecule has 0 bridgehead atoms. The second kappa shape index (κ2) is 7.38. The van der Waals surface area contributed by atoms with Gasteiger partial charge in [-0.05, 0) is 37.9 Å². The number of carboxylic acid groups (broad SMARTS) is 1. The van der Waals surface area contributed by atoms with Crippen molar-refractivity contribution in [1.82, 2.24) is 5.32 Å². The Morgan fingerprint density at radius 2 is 2.12 bits per heavy atom. The fraction of sp³-hybridized carbons (Fsp3) is 0.545. The van der Waals surface area contributed by atoms with E-state index in [1.807, 2.05) is 6.07 Å². The molecular weight excluding hydrogens is 226 g/mol. The van der Waals surface area contributed by atoms with Crippen molar-refractivity contribution in [2.75, 3.05) is 13.2 Å². The number of nitrogens with one attached hydrogen (secondary N) is 1. The third-order valence-corrected chi connectivity index (χ3v) is 3.26. The van der Waals surface area contributed by atoms with Gasteiger partial charge in [0, 0.05) is 18.0 Å². The quantitative estimate of drug-likeness (QED) is 0.608. The summed E-state index contributed by atoms with van der Waals surface area (Å²) in [6, 6.07) is 3.48. The average molecular weight is 243 g/mol. The summed E-state index contributed by atoms with van der Waals surface area (Å²) in [4.78, 5) is 12.1. The van der Waals surface area contributed by atoms with Gasteiger partial charge >= 0.3 is 5.97 Å². The molecule has 0 aromatic carbocycles. The predicted octanol–water partition coefficient (Wildman–Crippen LogP) is 1.70. The second-order valence-corrected chi connectivity index (χ2v) is 4.70. The average Bonchev–Trinajstić information content (AvgIpc) is 2.72. The lowest BCUT2D eigenvalue weighted by molar-refractivity contribution is 0.0702. The van der Waals surface area contributed by atoms with E-state index in [0.29, 0.717) is 4.88 Å². The number of carboxylic acids is 1. The van der Waals surface area contributed by atoms with Crippen molar-refractivity contribution in [3.63, 3.8) is 0 Å². The van der Waals surface area contributed by atoms with E-state index in [1.54, 1.807) is 6.07 Å². The molecule has 16 heavy (non-hydrogen) atoms. The minimum Gasteiger partial charge on any atom is -0.477 e. The Morgan fingerprint density at radius 3 is 2.75 bits per heavy atom. The number of carbonyl (C=O) groups is 1. The molecule has 0 aliphatic rings. The van der Waals surface area contributed by atoms with Crippen molar-refractivity contribution in [3.8, 4) is 0 Å². The summed E-state index contributed by atoms with van der Waals surface area (Å²) in [5, 5.41) is 20.6. The molecule has 1 aromatic rings. The van der Waals surface area contributed by atoms with E-state index in [2.05, 4.69) is 5.32 Å². The van der Waals surface area contributed by atoms with Gasteiger partial charge in [0.15, 0.2) is 0 Å². The zero-order valence-electron chi connectivity index (χ0n) is 9.11. The zero-order chi connectivity index (χ0) is 11.8. The summed E-state index contributed by atoms with van der Waals surface area (Å²) in [6.07, 6.45) is 2.91. The Bertz CT molecular complexity index is 325. The number of hydrogen-bond acceptors (Lipinski definition) is 4. The summed E-state index contributed by atoms with van der Waals surface area (Å²) in [5.41, 5.74) is 0. The molecule has 5 heteroatoms. The fourth-order valence-corrected chi connectivity index (χ4v) is 2.15. The highest BCUT2D eigenvalue weighted by Gasteiger charge is 2.05. The molecule has 1 aromatic heterocycles. The number of thiophene rings is 1. The Hall–Kier alpha value is -0.910. The third kappa shape index (κ3) is 4.74. The molecule has 0 amide bonds. The lowest BCUT2D eigenvalue weighted by Gasteiger charge is -2.01. The van der Waals surface area contributed by atoms with Gasteiger partial charge in [0.25, 0.3) is 0 Å². The first kappa shape index (κ1) is 13.2. The van der Waals surface area contributed by atoms with Gasteiger partial charge in [0.1, 0.15) is 4.88 Å². The van der Waals surface area contributed by atoms with Crippen LogP contribution in [0.4, 0.5) is 0 Å². The Morgan fingerprint density at radius 1 is 1.31 bits per heavy atom. The first-order chi connectivity index (χ1) is 7.74. The molecule has 0 fully saturated rings. The monoisotopic (exact) mass is 243 g/mol. The van der Waals surface area contributed by atoms with Crippen LogP contribution in [0.5, 0.6) is 0 Å². The number of hydrogen-bond donors (Lipinski definition) is 3. The van der Waals surface area contributed by atoms with E-state index in [9.17, 15) is 4.79 Å². The van der Waals surface area contributed by atoms with E-state index in [1.165, 1.54) is 11.3 Å². The van der Waals surface area contributed by atoms with Crippen molar-refractivity contribution in [1.29, 1.82) is 0 Å². The first-order valence-electron chi connectivity index (χ1n) is 5.37. The topological polar surface area (TPSA) is 69.6 Å². The van der Waals surface area contributed by atoms with Crippen molar-refractivity contribution >= 4 is 17.3 Å². The molecule has 0 radical (unpaired) electrons. The predicted molar refractivity (Wildman–Crippen MR) is 63.9 cm³/mol. The van der Waals surface area contributed by atoms with Crippen LogP contribution >= 0.6 is 11.3 Å². The van der Waals surface area contributed by atoms with Crippen molar-refractivity contribution in [2.45, 2.75) is 25.8 Å². The highest BCUT2D eigenvalue weighted by molar-refractivity contribution is 7.13. The Kier molecular flexibility index (Phi) is 6.07. The SMILES string of the molecule is O=C(O)c1ccc(CNCCCCCO)s1. The van der Waals surface area contributed by atoms with Crippen molar-refractivity contribution in [2.24, 2.45) is 0 Å².